The first-order chi connectivity index (χ1) is 8.95. The minimum atomic E-state index is -4.57. The molecule has 1 aromatic carbocycles. The SMILES string of the molecule is O=C(OC1(S(=O)(=O)O)C=CC=CC1)c1ccccc1.[Na]. The Morgan fingerprint density at radius 1 is 1.20 bits per heavy atom. The van der Waals surface area contributed by atoms with Crippen LogP contribution in [0, 0.1) is 0 Å². The molecule has 1 unspecified atom stereocenters. The molecule has 1 aliphatic carbocycles. The fourth-order valence-corrected chi connectivity index (χ4v) is 2.43. The molecule has 5 nitrogen and oxygen atoms in total. The molecule has 0 heterocycles. The number of ether oxygens (including phenoxy) is 1. The van der Waals surface area contributed by atoms with Gasteiger partial charge in [-0.1, -0.05) is 36.4 Å². The van der Waals surface area contributed by atoms with Gasteiger partial charge in [-0.25, -0.2) is 4.79 Å². The minimum Gasteiger partial charge on any atom is -0.432 e. The number of esters is 1. The van der Waals surface area contributed by atoms with Gasteiger partial charge in [0.1, 0.15) is 0 Å². The Morgan fingerprint density at radius 2 is 1.85 bits per heavy atom. The van der Waals surface area contributed by atoms with Gasteiger partial charge in [-0.3, -0.25) is 4.55 Å². The van der Waals surface area contributed by atoms with E-state index >= 15 is 0 Å². The van der Waals surface area contributed by atoms with Gasteiger partial charge >= 0.3 is 16.1 Å². The first kappa shape index (κ1) is 17.1. The Hall–Kier alpha value is -0.920. The standard InChI is InChI=1S/C13H12O5S.Na/c14-12(11-7-3-1-4-8-11)18-13(19(15,16)17)9-5-2-6-10-13;/h1-9H,10H2,(H,15,16,17);. The van der Waals surface area contributed by atoms with Gasteiger partial charge in [0, 0.05) is 36.0 Å². The van der Waals surface area contributed by atoms with Crippen molar-refractivity contribution in [1.82, 2.24) is 0 Å². The van der Waals surface area contributed by atoms with Crippen LogP contribution < -0.4 is 0 Å². The molecule has 20 heavy (non-hydrogen) atoms. The molecule has 1 atom stereocenters. The summed E-state index contributed by atoms with van der Waals surface area (Å²) >= 11 is 0. The molecule has 1 N–H and O–H groups in total. The summed E-state index contributed by atoms with van der Waals surface area (Å²) in [6, 6.07) is 7.99. The van der Waals surface area contributed by atoms with Gasteiger partial charge in [0.25, 0.3) is 4.93 Å². The van der Waals surface area contributed by atoms with E-state index in [2.05, 4.69) is 0 Å². The molecule has 101 valence electrons. The third-order valence-electron chi connectivity index (χ3n) is 2.71. The Kier molecular flexibility index (Phi) is 5.73. The van der Waals surface area contributed by atoms with E-state index in [0.717, 1.165) is 6.08 Å². The molecule has 0 aromatic heterocycles. The van der Waals surface area contributed by atoms with E-state index in [-0.39, 0.29) is 41.5 Å². The van der Waals surface area contributed by atoms with E-state index in [1.165, 1.54) is 24.3 Å². The summed E-state index contributed by atoms with van der Waals surface area (Å²) in [6.07, 6.45) is 5.56. The smallest absolute Gasteiger partial charge is 0.340 e. The average molecular weight is 303 g/mol. The molecule has 1 aliphatic rings. The number of hydrogen-bond acceptors (Lipinski definition) is 4. The molecular formula is C13H12NaO5S. The van der Waals surface area contributed by atoms with Crippen LogP contribution in [0.5, 0.6) is 0 Å². The Labute approximate surface area is 139 Å². The van der Waals surface area contributed by atoms with Crippen LogP contribution in [0.2, 0.25) is 0 Å². The normalized spacial score (nSPS) is 21.1. The van der Waals surface area contributed by atoms with Crippen LogP contribution in [0.1, 0.15) is 16.8 Å². The summed E-state index contributed by atoms with van der Waals surface area (Å²) < 4.78 is 37.2. The predicted molar refractivity (Wildman–Crippen MR) is 74.8 cm³/mol. The summed E-state index contributed by atoms with van der Waals surface area (Å²) in [4.78, 5) is 9.86. The maximum Gasteiger partial charge on any atom is 0.340 e. The van der Waals surface area contributed by atoms with Crippen molar-refractivity contribution >= 4 is 45.6 Å². The second kappa shape index (κ2) is 6.69. The van der Waals surface area contributed by atoms with Gasteiger partial charge < -0.3 is 4.74 Å². The minimum absolute atomic E-state index is 0. The van der Waals surface area contributed by atoms with E-state index in [9.17, 15) is 17.8 Å². The zero-order valence-electron chi connectivity index (χ0n) is 10.9. The molecule has 0 saturated heterocycles. The first-order valence-electron chi connectivity index (χ1n) is 5.54. The van der Waals surface area contributed by atoms with Crippen LogP contribution in [0.15, 0.2) is 54.6 Å². The number of benzene rings is 1. The van der Waals surface area contributed by atoms with E-state index in [4.69, 9.17) is 4.74 Å². The van der Waals surface area contributed by atoms with Gasteiger partial charge in [0.2, 0.25) is 0 Å². The number of allylic oxidation sites excluding steroid dienone is 2. The van der Waals surface area contributed by atoms with Crippen LogP contribution in [0.3, 0.4) is 0 Å². The molecule has 0 spiro atoms. The summed E-state index contributed by atoms with van der Waals surface area (Å²) in [5.41, 5.74) is 0.216. The van der Waals surface area contributed by atoms with Crippen LogP contribution >= 0.6 is 0 Å². The van der Waals surface area contributed by atoms with Crippen molar-refractivity contribution in [2.45, 2.75) is 11.4 Å². The summed E-state index contributed by atoms with van der Waals surface area (Å²) in [6.45, 7) is 0. The van der Waals surface area contributed by atoms with Gasteiger partial charge in [0.15, 0.2) is 0 Å². The first-order valence-corrected chi connectivity index (χ1v) is 6.98. The third-order valence-corrected chi connectivity index (χ3v) is 3.97. The van der Waals surface area contributed by atoms with Crippen LogP contribution in [0.25, 0.3) is 0 Å². The van der Waals surface area contributed by atoms with Gasteiger partial charge in [-0.2, -0.15) is 8.42 Å². The average Bonchev–Trinajstić information content (AvgIpc) is 2.39. The van der Waals surface area contributed by atoms with E-state index in [1.807, 2.05) is 0 Å². The van der Waals surface area contributed by atoms with Crippen LogP contribution in [-0.4, -0.2) is 53.4 Å². The van der Waals surface area contributed by atoms with Crippen LogP contribution in [-0.2, 0) is 14.9 Å². The number of hydrogen-bond donors (Lipinski definition) is 1. The molecule has 0 fully saturated rings. The molecule has 7 heteroatoms. The van der Waals surface area contributed by atoms with Crippen molar-refractivity contribution in [2.24, 2.45) is 0 Å². The zero-order chi connectivity index (χ0) is 13.9. The van der Waals surface area contributed by atoms with Crippen molar-refractivity contribution < 1.29 is 22.5 Å². The molecule has 0 amide bonds. The summed E-state index contributed by atoms with van der Waals surface area (Å²) in [5.74, 6) is -0.807. The Bertz CT molecular complexity index is 636. The van der Waals surface area contributed by atoms with Crippen LogP contribution in [0.4, 0.5) is 0 Å². The maximum absolute atomic E-state index is 11.9. The molecule has 1 radical (unpaired) electrons. The number of carbonyl (C=O) groups excluding carboxylic acids is 1. The van der Waals surface area contributed by atoms with Crippen molar-refractivity contribution in [2.75, 3.05) is 0 Å². The fraction of sp³-hybridized carbons (Fsp3) is 0.154. The molecule has 2 rings (SSSR count). The van der Waals surface area contributed by atoms with Crippen molar-refractivity contribution in [3.8, 4) is 0 Å². The largest absolute Gasteiger partial charge is 0.432 e. The van der Waals surface area contributed by atoms with E-state index in [1.54, 1.807) is 24.3 Å². The van der Waals surface area contributed by atoms with Crippen molar-refractivity contribution in [3.63, 3.8) is 0 Å². The van der Waals surface area contributed by atoms with Crippen molar-refractivity contribution in [1.29, 1.82) is 0 Å². The van der Waals surface area contributed by atoms with E-state index in [0.29, 0.717) is 0 Å². The molecular weight excluding hydrogens is 291 g/mol. The van der Waals surface area contributed by atoms with E-state index < -0.39 is 21.0 Å². The van der Waals surface area contributed by atoms with Gasteiger partial charge in [-0.15, -0.1) is 0 Å². The summed E-state index contributed by atoms with van der Waals surface area (Å²) in [5, 5.41) is 0. The topological polar surface area (TPSA) is 80.7 Å². The second-order valence-electron chi connectivity index (χ2n) is 4.03. The van der Waals surface area contributed by atoms with Gasteiger partial charge in [-0.05, 0) is 18.2 Å². The molecule has 0 bridgehead atoms. The molecule has 0 saturated carbocycles. The Morgan fingerprint density at radius 3 is 2.35 bits per heavy atom. The summed E-state index contributed by atoms with van der Waals surface area (Å²) in [7, 11) is -4.57. The quantitative estimate of drug-likeness (QED) is 0.521. The molecule has 1 aromatic rings. The number of carbonyl (C=O) groups is 1. The predicted octanol–water partition coefficient (Wildman–Crippen LogP) is 1.56. The Balaban J connectivity index is 0.00000200. The second-order valence-corrected chi connectivity index (χ2v) is 5.68. The number of rotatable bonds is 3. The fourth-order valence-electron chi connectivity index (χ4n) is 1.69. The van der Waals surface area contributed by atoms with Crippen molar-refractivity contribution in [3.05, 3.63) is 60.2 Å². The van der Waals surface area contributed by atoms with Gasteiger partial charge in [0.05, 0.1) is 5.56 Å². The maximum atomic E-state index is 11.9. The monoisotopic (exact) mass is 303 g/mol. The third kappa shape index (κ3) is 3.59. The zero-order valence-corrected chi connectivity index (χ0v) is 13.7. The molecule has 0 aliphatic heterocycles.